The van der Waals surface area contributed by atoms with Gasteiger partial charge in [-0.25, -0.2) is 17.9 Å². The molecule has 0 spiro atoms. The highest BCUT2D eigenvalue weighted by Gasteiger charge is 2.25. The van der Waals surface area contributed by atoms with Gasteiger partial charge in [0, 0.05) is 5.41 Å². The monoisotopic (exact) mass is 295 g/mol. The average molecular weight is 296 g/mol. The predicted octanol–water partition coefficient (Wildman–Crippen LogP) is 2.17. The molecular formula is C11H15ClFNO3S. The summed E-state index contributed by atoms with van der Waals surface area (Å²) in [6.07, 6.45) is 0. The van der Waals surface area contributed by atoms with Crippen LogP contribution >= 0.6 is 11.6 Å². The van der Waals surface area contributed by atoms with Crippen LogP contribution in [-0.2, 0) is 10.0 Å². The second kappa shape index (κ2) is 5.42. The molecule has 0 fully saturated rings. The quantitative estimate of drug-likeness (QED) is 0.905. The lowest BCUT2D eigenvalue weighted by molar-refractivity contribution is 0.193. The van der Waals surface area contributed by atoms with Crippen molar-refractivity contribution in [1.82, 2.24) is 0 Å². The van der Waals surface area contributed by atoms with Crippen molar-refractivity contribution in [2.45, 2.75) is 13.8 Å². The summed E-state index contributed by atoms with van der Waals surface area (Å²) in [5, 5.41) is 4.92. The zero-order chi connectivity index (χ0) is 14.0. The molecule has 4 nitrogen and oxygen atoms in total. The Morgan fingerprint density at radius 2 is 2.06 bits per heavy atom. The fourth-order valence-electron chi connectivity index (χ4n) is 1.45. The van der Waals surface area contributed by atoms with Crippen LogP contribution in [0.2, 0.25) is 5.02 Å². The summed E-state index contributed by atoms with van der Waals surface area (Å²) < 4.78 is 40.8. The van der Waals surface area contributed by atoms with E-state index in [2.05, 4.69) is 0 Å². The van der Waals surface area contributed by atoms with E-state index in [0.29, 0.717) is 0 Å². The SMILES string of the molecule is CC(C)(COc1cccc(Cl)c1F)CS(N)(=O)=O. The van der Waals surface area contributed by atoms with Crippen LogP contribution in [-0.4, -0.2) is 20.8 Å². The molecule has 1 rings (SSSR count). The summed E-state index contributed by atoms with van der Waals surface area (Å²) in [5.74, 6) is -0.919. The molecule has 0 amide bonds. The maximum absolute atomic E-state index is 13.5. The van der Waals surface area contributed by atoms with Gasteiger partial charge in [-0.3, -0.25) is 0 Å². The maximum atomic E-state index is 13.5. The fraction of sp³-hybridized carbons (Fsp3) is 0.455. The molecule has 0 aromatic heterocycles. The van der Waals surface area contributed by atoms with Crippen molar-refractivity contribution in [3.8, 4) is 5.75 Å². The van der Waals surface area contributed by atoms with Crippen molar-refractivity contribution in [2.75, 3.05) is 12.4 Å². The summed E-state index contributed by atoms with van der Waals surface area (Å²) in [6, 6.07) is 4.38. The first-order valence-corrected chi connectivity index (χ1v) is 7.27. The number of halogens is 2. The van der Waals surface area contributed by atoms with E-state index >= 15 is 0 Å². The van der Waals surface area contributed by atoms with E-state index in [1.807, 2.05) is 0 Å². The highest BCUT2D eigenvalue weighted by Crippen LogP contribution is 2.26. The number of hydrogen-bond acceptors (Lipinski definition) is 3. The van der Waals surface area contributed by atoms with Crippen LogP contribution in [0, 0.1) is 11.2 Å². The van der Waals surface area contributed by atoms with Crippen LogP contribution in [0.25, 0.3) is 0 Å². The molecule has 0 bridgehead atoms. The Kier molecular flexibility index (Phi) is 4.58. The van der Waals surface area contributed by atoms with Gasteiger partial charge in [0.1, 0.15) is 0 Å². The lowest BCUT2D eigenvalue weighted by Crippen LogP contribution is -2.33. The van der Waals surface area contributed by atoms with Gasteiger partial charge in [0.15, 0.2) is 11.6 Å². The first-order valence-electron chi connectivity index (χ1n) is 5.18. The first-order chi connectivity index (χ1) is 8.11. The van der Waals surface area contributed by atoms with E-state index < -0.39 is 21.3 Å². The molecular weight excluding hydrogens is 281 g/mol. The van der Waals surface area contributed by atoms with E-state index in [0.717, 1.165) is 0 Å². The number of sulfonamides is 1. The Morgan fingerprint density at radius 3 is 2.61 bits per heavy atom. The molecule has 7 heteroatoms. The lowest BCUT2D eigenvalue weighted by Gasteiger charge is -2.23. The van der Waals surface area contributed by atoms with Gasteiger partial charge >= 0.3 is 0 Å². The van der Waals surface area contributed by atoms with E-state index in [9.17, 15) is 12.8 Å². The molecule has 102 valence electrons. The van der Waals surface area contributed by atoms with E-state index in [1.165, 1.54) is 12.1 Å². The van der Waals surface area contributed by atoms with Crippen molar-refractivity contribution in [3.05, 3.63) is 29.0 Å². The Balaban J connectivity index is 2.73. The van der Waals surface area contributed by atoms with Gasteiger partial charge in [0.25, 0.3) is 0 Å². The van der Waals surface area contributed by atoms with Crippen LogP contribution in [0.15, 0.2) is 18.2 Å². The molecule has 0 unspecified atom stereocenters. The normalized spacial score (nSPS) is 12.5. The molecule has 0 saturated heterocycles. The van der Waals surface area contributed by atoms with Gasteiger partial charge in [-0.15, -0.1) is 0 Å². The van der Waals surface area contributed by atoms with E-state index in [1.54, 1.807) is 19.9 Å². The summed E-state index contributed by atoms with van der Waals surface area (Å²) >= 11 is 5.60. The second-order valence-corrected chi connectivity index (χ2v) is 6.83. The third-order valence-corrected chi connectivity index (χ3v) is 3.60. The Bertz CT molecular complexity index is 531. The van der Waals surface area contributed by atoms with Gasteiger partial charge in [0.2, 0.25) is 10.0 Å². The fourth-order valence-corrected chi connectivity index (χ4v) is 2.79. The molecule has 0 aliphatic heterocycles. The molecule has 1 aromatic carbocycles. The molecule has 0 heterocycles. The first kappa shape index (κ1) is 15.2. The predicted molar refractivity (Wildman–Crippen MR) is 68.7 cm³/mol. The molecule has 0 aliphatic rings. The summed E-state index contributed by atoms with van der Waals surface area (Å²) in [5.41, 5.74) is -0.720. The average Bonchev–Trinajstić information content (AvgIpc) is 2.17. The number of benzene rings is 1. The maximum Gasteiger partial charge on any atom is 0.209 e. The van der Waals surface area contributed by atoms with Gasteiger partial charge in [-0.05, 0) is 12.1 Å². The standard InChI is InChI=1S/C11H15ClFNO3S/c1-11(2,7-18(14,15)16)6-17-9-5-3-4-8(12)10(9)13/h3-5H,6-7H2,1-2H3,(H2,14,15,16). The third-order valence-electron chi connectivity index (χ3n) is 2.13. The number of rotatable bonds is 5. The summed E-state index contributed by atoms with van der Waals surface area (Å²) in [6.45, 7) is 3.35. The smallest absolute Gasteiger partial charge is 0.209 e. The van der Waals surface area contributed by atoms with E-state index in [4.69, 9.17) is 21.5 Å². The summed E-state index contributed by atoms with van der Waals surface area (Å²) in [4.78, 5) is 0. The van der Waals surface area contributed by atoms with Crippen molar-refractivity contribution in [2.24, 2.45) is 10.6 Å². The largest absolute Gasteiger partial charge is 0.490 e. The van der Waals surface area contributed by atoms with Gasteiger partial charge in [-0.2, -0.15) is 0 Å². The third kappa shape index (κ3) is 4.80. The Morgan fingerprint density at radius 1 is 1.44 bits per heavy atom. The molecule has 1 aromatic rings. The molecule has 2 N–H and O–H groups in total. The molecule has 0 radical (unpaired) electrons. The number of hydrogen-bond donors (Lipinski definition) is 1. The highest BCUT2D eigenvalue weighted by atomic mass is 35.5. The van der Waals surface area contributed by atoms with E-state index in [-0.39, 0.29) is 23.1 Å². The molecule has 0 aliphatic carbocycles. The Labute approximate surface area is 111 Å². The topological polar surface area (TPSA) is 69.4 Å². The lowest BCUT2D eigenvalue weighted by atomic mass is 9.98. The number of nitrogens with two attached hydrogens (primary N) is 1. The Hall–Kier alpha value is -0.850. The van der Waals surface area contributed by atoms with Crippen molar-refractivity contribution in [3.63, 3.8) is 0 Å². The number of primary sulfonamides is 1. The summed E-state index contributed by atoms with van der Waals surface area (Å²) in [7, 11) is -3.60. The van der Waals surface area contributed by atoms with Gasteiger partial charge in [0.05, 0.1) is 17.4 Å². The van der Waals surface area contributed by atoms with Gasteiger partial charge < -0.3 is 4.74 Å². The second-order valence-electron chi connectivity index (χ2n) is 4.81. The molecule has 18 heavy (non-hydrogen) atoms. The van der Waals surface area contributed by atoms with Crippen molar-refractivity contribution >= 4 is 21.6 Å². The zero-order valence-electron chi connectivity index (χ0n) is 10.1. The number of ether oxygens (including phenoxy) is 1. The van der Waals surface area contributed by atoms with Crippen LogP contribution < -0.4 is 9.88 Å². The zero-order valence-corrected chi connectivity index (χ0v) is 11.7. The van der Waals surface area contributed by atoms with Gasteiger partial charge in [-0.1, -0.05) is 31.5 Å². The minimum atomic E-state index is -3.60. The van der Waals surface area contributed by atoms with Crippen LogP contribution in [0.3, 0.4) is 0 Å². The van der Waals surface area contributed by atoms with Crippen LogP contribution in [0.5, 0.6) is 5.75 Å². The van der Waals surface area contributed by atoms with Crippen molar-refractivity contribution < 1.29 is 17.5 Å². The minimum absolute atomic E-state index is 0.00926. The molecule has 0 atom stereocenters. The highest BCUT2D eigenvalue weighted by molar-refractivity contribution is 7.89. The van der Waals surface area contributed by atoms with Crippen molar-refractivity contribution in [1.29, 1.82) is 0 Å². The van der Waals surface area contributed by atoms with Crippen LogP contribution in [0.1, 0.15) is 13.8 Å². The minimum Gasteiger partial charge on any atom is -0.490 e. The van der Waals surface area contributed by atoms with Crippen LogP contribution in [0.4, 0.5) is 4.39 Å². The molecule has 0 saturated carbocycles.